The summed E-state index contributed by atoms with van der Waals surface area (Å²) >= 11 is 1.57. The third-order valence-corrected chi connectivity index (χ3v) is 8.08. The number of unbranched alkanes of at least 4 members (excludes halogenated alkanes) is 3. The fraction of sp³-hybridized carbons (Fsp3) is 0.586. The van der Waals surface area contributed by atoms with E-state index in [-0.39, 0.29) is 12.2 Å². The summed E-state index contributed by atoms with van der Waals surface area (Å²) in [5.41, 5.74) is 5.94. The SMILES string of the molecule is O=C(CCCCCCOc1ccc(Nc2nc(NC3CCCCC3)c3scnc3n2)cc1)NOC1CCCCO1. The predicted octanol–water partition coefficient (Wildman–Crippen LogP) is 6.48. The Morgan fingerprint density at radius 2 is 1.80 bits per heavy atom. The van der Waals surface area contributed by atoms with Gasteiger partial charge >= 0.3 is 0 Å². The van der Waals surface area contributed by atoms with E-state index < -0.39 is 0 Å². The number of anilines is 3. The Kier molecular flexibility index (Phi) is 10.8. The molecule has 3 heterocycles. The Morgan fingerprint density at radius 1 is 0.975 bits per heavy atom. The maximum Gasteiger partial charge on any atom is 0.243 e. The molecule has 11 heteroatoms. The summed E-state index contributed by atoms with van der Waals surface area (Å²) in [6.45, 7) is 1.34. The van der Waals surface area contributed by atoms with Crippen molar-refractivity contribution >= 4 is 45.0 Å². The minimum absolute atomic E-state index is 0.0901. The summed E-state index contributed by atoms with van der Waals surface area (Å²) in [5.74, 6) is 2.13. The molecule has 3 N–H and O–H groups in total. The lowest BCUT2D eigenvalue weighted by Crippen LogP contribution is -2.32. The Balaban J connectivity index is 0.993. The molecule has 2 aliphatic rings. The number of carbonyl (C=O) groups is 1. The van der Waals surface area contributed by atoms with Gasteiger partial charge in [0, 0.05) is 31.2 Å². The third kappa shape index (κ3) is 8.74. The van der Waals surface area contributed by atoms with Gasteiger partial charge in [0.1, 0.15) is 10.4 Å². The molecule has 0 radical (unpaired) electrons. The number of aromatic nitrogens is 3. The van der Waals surface area contributed by atoms with E-state index in [0.717, 1.165) is 66.9 Å². The summed E-state index contributed by atoms with van der Waals surface area (Å²) in [7, 11) is 0. The van der Waals surface area contributed by atoms with Gasteiger partial charge in [0.05, 0.1) is 12.1 Å². The van der Waals surface area contributed by atoms with E-state index in [4.69, 9.17) is 19.3 Å². The Bertz CT molecular complexity index is 1190. The molecule has 3 aromatic rings. The molecule has 2 fully saturated rings. The number of hydrogen-bond acceptors (Lipinski definition) is 10. The van der Waals surface area contributed by atoms with Gasteiger partial charge < -0.3 is 20.1 Å². The second kappa shape index (κ2) is 15.1. The molecule has 0 spiro atoms. The fourth-order valence-electron chi connectivity index (χ4n) is 5.04. The Hall–Kier alpha value is -3.02. The lowest BCUT2D eigenvalue weighted by atomic mass is 9.95. The monoisotopic (exact) mass is 568 g/mol. The summed E-state index contributed by atoms with van der Waals surface area (Å²) < 4.78 is 12.3. The first-order chi connectivity index (χ1) is 19.7. The van der Waals surface area contributed by atoms with Crippen molar-refractivity contribution in [2.75, 3.05) is 23.8 Å². The molecule has 0 bridgehead atoms. The Morgan fingerprint density at radius 3 is 2.62 bits per heavy atom. The second-order valence-corrected chi connectivity index (χ2v) is 11.3. The van der Waals surface area contributed by atoms with Crippen LogP contribution < -0.4 is 20.9 Å². The highest BCUT2D eigenvalue weighted by molar-refractivity contribution is 7.17. The normalized spacial score (nSPS) is 17.9. The number of nitrogens with one attached hydrogen (secondary N) is 3. The van der Waals surface area contributed by atoms with Gasteiger partial charge in [0.25, 0.3) is 0 Å². The maximum atomic E-state index is 11.9. The van der Waals surface area contributed by atoms with Crippen LogP contribution in [0.25, 0.3) is 10.3 Å². The first-order valence-corrected chi connectivity index (χ1v) is 15.5. The minimum atomic E-state index is -0.304. The van der Waals surface area contributed by atoms with Gasteiger partial charge in [-0.25, -0.2) is 15.3 Å². The van der Waals surface area contributed by atoms with E-state index in [0.29, 0.717) is 37.3 Å². The second-order valence-electron chi connectivity index (χ2n) is 10.5. The number of fused-ring (bicyclic) bond motifs is 1. The first kappa shape index (κ1) is 28.5. The zero-order valence-electron chi connectivity index (χ0n) is 23.0. The van der Waals surface area contributed by atoms with Crippen LogP contribution in [0.2, 0.25) is 0 Å². The van der Waals surface area contributed by atoms with Crippen LogP contribution in [0.3, 0.4) is 0 Å². The standard InChI is InChI=1S/C29H40N6O4S/c36-24(35-39-25-13-7-9-19-38-25)12-6-1-2-8-18-37-23-16-14-22(15-17-23)32-29-33-27-26(40-20-30-27)28(34-29)31-21-10-4-3-5-11-21/h14-17,20-21,25H,1-13,18-19H2,(H,35,36)(H2,31,32,33,34). The van der Waals surface area contributed by atoms with E-state index >= 15 is 0 Å². The highest BCUT2D eigenvalue weighted by atomic mass is 32.1. The van der Waals surface area contributed by atoms with Gasteiger partial charge in [0.2, 0.25) is 11.9 Å². The van der Waals surface area contributed by atoms with Gasteiger partial charge in [-0.15, -0.1) is 11.3 Å². The van der Waals surface area contributed by atoms with E-state index in [1.165, 1.54) is 32.1 Å². The molecule has 10 nitrogen and oxygen atoms in total. The molecular formula is C29H40N6O4S. The van der Waals surface area contributed by atoms with Crippen molar-refractivity contribution < 1.29 is 19.1 Å². The molecule has 1 aliphatic heterocycles. The van der Waals surface area contributed by atoms with Gasteiger partial charge in [-0.2, -0.15) is 9.97 Å². The molecule has 216 valence electrons. The number of amides is 1. The first-order valence-electron chi connectivity index (χ1n) is 14.7. The fourth-order valence-corrected chi connectivity index (χ4v) is 5.72. The summed E-state index contributed by atoms with van der Waals surface area (Å²) in [4.78, 5) is 31.0. The van der Waals surface area contributed by atoms with Crippen molar-refractivity contribution in [3.63, 3.8) is 0 Å². The van der Waals surface area contributed by atoms with Crippen molar-refractivity contribution in [3.05, 3.63) is 29.8 Å². The highest BCUT2D eigenvalue weighted by Crippen LogP contribution is 2.29. The number of nitrogens with zero attached hydrogens (tertiary/aromatic N) is 3. The summed E-state index contributed by atoms with van der Waals surface area (Å²) in [6.07, 6.45) is 13.1. The quantitative estimate of drug-likeness (QED) is 0.148. The largest absolute Gasteiger partial charge is 0.494 e. The van der Waals surface area contributed by atoms with Gasteiger partial charge in [-0.3, -0.25) is 4.79 Å². The lowest BCUT2D eigenvalue weighted by molar-refractivity contribution is -0.200. The van der Waals surface area contributed by atoms with E-state index in [1.807, 2.05) is 29.8 Å². The average molecular weight is 569 g/mol. The van der Waals surface area contributed by atoms with E-state index in [2.05, 4.69) is 26.1 Å². The van der Waals surface area contributed by atoms with Crippen LogP contribution in [-0.2, 0) is 14.4 Å². The van der Waals surface area contributed by atoms with E-state index in [9.17, 15) is 4.79 Å². The summed E-state index contributed by atoms with van der Waals surface area (Å²) in [5, 5.41) is 6.96. The molecule has 1 saturated carbocycles. The maximum absolute atomic E-state index is 11.9. The molecule has 5 rings (SSSR count). The molecular weight excluding hydrogens is 528 g/mol. The van der Waals surface area contributed by atoms with Crippen molar-refractivity contribution in [1.29, 1.82) is 0 Å². The number of rotatable bonds is 14. The molecule has 1 amide bonds. The molecule has 2 aromatic heterocycles. The highest BCUT2D eigenvalue weighted by Gasteiger charge is 2.18. The Labute approximate surface area is 239 Å². The van der Waals surface area contributed by atoms with Crippen molar-refractivity contribution in [3.8, 4) is 5.75 Å². The third-order valence-electron chi connectivity index (χ3n) is 7.26. The van der Waals surface area contributed by atoms with Crippen molar-refractivity contribution in [1.82, 2.24) is 20.4 Å². The molecule has 1 aromatic carbocycles. The zero-order chi connectivity index (χ0) is 27.4. The molecule has 40 heavy (non-hydrogen) atoms. The van der Waals surface area contributed by atoms with Gasteiger partial charge in [-0.05, 0) is 62.8 Å². The van der Waals surface area contributed by atoms with Crippen LogP contribution in [0.15, 0.2) is 29.8 Å². The van der Waals surface area contributed by atoms with Crippen LogP contribution in [0.5, 0.6) is 5.75 Å². The minimum Gasteiger partial charge on any atom is -0.494 e. The number of ether oxygens (including phenoxy) is 2. The summed E-state index contributed by atoms with van der Waals surface area (Å²) in [6, 6.07) is 8.30. The van der Waals surface area contributed by atoms with Crippen LogP contribution in [0.4, 0.5) is 17.5 Å². The number of hydrogen-bond donors (Lipinski definition) is 3. The number of benzene rings is 1. The average Bonchev–Trinajstić information content (AvgIpc) is 3.47. The van der Waals surface area contributed by atoms with Gasteiger partial charge in [0.15, 0.2) is 17.8 Å². The topological polar surface area (TPSA) is 120 Å². The smallest absolute Gasteiger partial charge is 0.243 e. The zero-order valence-corrected chi connectivity index (χ0v) is 23.8. The van der Waals surface area contributed by atoms with Crippen LogP contribution in [0.1, 0.15) is 83.5 Å². The van der Waals surface area contributed by atoms with Crippen LogP contribution >= 0.6 is 11.3 Å². The van der Waals surface area contributed by atoms with Gasteiger partial charge in [-0.1, -0.05) is 32.1 Å². The van der Waals surface area contributed by atoms with E-state index in [1.54, 1.807) is 11.3 Å². The number of hydroxylamine groups is 1. The van der Waals surface area contributed by atoms with Crippen LogP contribution in [0, 0.1) is 0 Å². The van der Waals surface area contributed by atoms with Crippen molar-refractivity contribution in [2.45, 2.75) is 95.8 Å². The number of thiazole rings is 1. The van der Waals surface area contributed by atoms with Crippen LogP contribution in [-0.4, -0.2) is 46.4 Å². The predicted molar refractivity (Wildman–Crippen MR) is 157 cm³/mol. The molecule has 1 saturated heterocycles. The molecule has 1 aliphatic carbocycles. The lowest BCUT2D eigenvalue weighted by Gasteiger charge is -2.23. The molecule has 1 unspecified atom stereocenters. The molecule has 1 atom stereocenters. The number of carbonyl (C=O) groups excluding carboxylic acids is 1. The van der Waals surface area contributed by atoms with Crippen molar-refractivity contribution in [2.24, 2.45) is 0 Å².